The number of unbranched alkanes of at least 4 members (excludes halogenated alkanes) is 1. The molecule has 128 valence electrons. The van der Waals surface area contributed by atoms with Crippen LogP contribution in [0.3, 0.4) is 0 Å². The highest BCUT2D eigenvalue weighted by molar-refractivity contribution is 8.50. The number of likely N-dealkylation sites (tertiary alicyclic amines) is 1. The maximum Gasteiger partial charge on any atom is 0.240 e. The minimum Gasteiger partial charge on any atom is -0.331 e. The molecule has 0 aromatic carbocycles. The standard InChI is InChI=1S/C11H27N3O2P6/c15-10(8(13-17)4-1-2-6-12-21-18)14-7-3-5-9(14)11(16)22(19)20/h8-9,12-13,21H,1-7,17-20H2. The molecule has 2 N–H and O–H groups in total. The van der Waals surface area contributed by atoms with E-state index in [9.17, 15) is 9.59 Å². The fourth-order valence-electron chi connectivity index (χ4n) is 2.57. The van der Waals surface area contributed by atoms with Crippen LogP contribution in [0.4, 0.5) is 0 Å². The summed E-state index contributed by atoms with van der Waals surface area (Å²) in [4.78, 5) is 26.8. The van der Waals surface area contributed by atoms with E-state index >= 15 is 0 Å². The molecule has 1 aliphatic rings. The Hall–Kier alpha value is 1.64. The van der Waals surface area contributed by atoms with Gasteiger partial charge in [0.1, 0.15) is 0 Å². The highest BCUT2D eigenvalue weighted by Crippen LogP contribution is 2.55. The largest absolute Gasteiger partial charge is 0.331 e. The summed E-state index contributed by atoms with van der Waals surface area (Å²) in [6, 6.07) is -0.438. The summed E-state index contributed by atoms with van der Waals surface area (Å²) in [5.41, 5.74) is 0.184. The summed E-state index contributed by atoms with van der Waals surface area (Å²) >= 11 is 0. The third-order valence-electron chi connectivity index (χ3n) is 3.72. The quantitative estimate of drug-likeness (QED) is 0.422. The lowest BCUT2D eigenvalue weighted by Gasteiger charge is -2.28. The second-order valence-electron chi connectivity index (χ2n) is 5.22. The van der Waals surface area contributed by atoms with Gasteiger partial charge in [-0.3, -0.25) is 19.8 Å². The molecular formula is C11H27N3O2P6. The summed E-state index contributed by atoms with van der Waals surface area (Å²) in [6.45, 7) is 1.68. The Morgan fingerprint density at radius 1 is 1.36 bits per heavy atom. The zero-order valence-electron chi connectivity index (χ0n) is 12.6. The van der Waals surface area contributed by atoms with Crippen LogP contribution in [0.25, 0.3) is 0 Å². The predicted molar refractivity (Wildman–Crippen MR) is 113 cm³/mol. The molecule has 0 saturated carbocycles. The fraction of sp³-hybridized carbons (Fsp3) is 0.818. The molecule has 0 radical (unpaired) electrons. The SMILES string of the molecule is O=C(C(CCCCNPP)NP)N1CCCC1C(=O)P(P)P. The smallest absolute Gasteiger partial charge is 0.240 e. The number of nitrogens with zero attached hydrogens (tertiary/aromatic N) is 1. The van der Waals surface area contributed by atoms with Gasteiger partial charge < -0.3 is 4.90 Å². The Morgan fingerprint density at radius 2 is 2.09 bits per heavy atom. The third kappa shape index (κ3) is 6.87. The predicted octanol–water partition coefficient (Wildman–Crippen LogP) is 2.46. The number of carbonyl (C=O) groups is 2. The molecular weight excluding hydrogens is 392 g/mol. The van der Waals surface area contributed by atoms with Gasteiger partial charge in [-0.25, -0.2) is 0 Å². The molecule has 1 fully saturated rings. The van der Waals surface area contributed by atoms with E-state index in [1.807, 2.05) is 0 Å². The van der Waals surface area contributed by atoms with E-state index in [0.29, 0.717) is 15.0 Å². The van der Waals surface area contributed by atoms with Crippen molar-refractivity contribution in [3.63, 3.8) is 0 Å². The van der Waals surface area contributed by atoms with Crippen LogP contribution in [0.1, 0.15) is 32.1 Å². The second kappa shape index (κ2) is 12.1. The van der Waals surface area contributed by atoms with Gasteiger partial charge in [-0.05, 0) is 40.6 Å². The lowest BCUT2D eigenvalue weighted by Crippen LogP contribution is -2.47. The van der Waals surface area contributed by atoms with E-state index in [-0.39, 0.29) is 23.5 Å². The minimum absolute atomic E-state index is 0.0681. The average molecular weight is 419 g/mol. The molecule has 22 heavy (non-hydrogen) atoms. The lowest BCUT2D eigenvalue weighted by atomic mass is 10.1. The van der Waals surface area contributed by atoms with Gasteiger partial charge in [-0.2, -0.15) is 0 Å². The van der Waals surface area contributed by atoms with Crippen LogP contribution >= 0.6 is 51.9 Å². The summed E-state index contributed by atoms with van der Waals surface area (Å²) < 4.78 is 0. The summed E-state index contributed by atoms with van der Waals surface area (Å²) in [5.74, 6) is 0.0681. The molecule has 0 aromatic heterocycles. The molecule has 11 heteroatoms. The Kier molecular flexibility index (Phi) is 11.9. The van der Waals surface area contributed by atoms with Gasteiger partial charge in [0.05, 0.1) is 12.1 Å². The molecule has 0 aromatic rings. The number of hydrogen-bond donors (Lipinski definition) is 2. The second-order valence-corrected chi connectivity index (χ2v) is 13.4. The molecule has 7 atom stereocenters. The Morgan fingerprint density at radius 3 is 2.68 bits per heavy atom. The van der Waals surface area contributed by atoms with Crippen LogP contribution in [-0.4, -0.2) is 41.5 Å². The first-order valence-corrected chi connectivity index (χ1v) is 15.3. The lowest BCUT2D eigenvalue weighted by molar-refractivity contribution is -0.136. The van der Waals surface area contributed by atoms with Gasteiger partial charge in [0, 0.05) is 13.8 Å². The number of hydrogen-bond acceptors (Lipinski definition) is 4. The van der Waals surface area contributed by atoms with E-state index in [2.05, 4.69) is 46.4 Å². The van der Waals surface area contributed by atoms with E-state index < -0.39 is 7.30 Å². The molecule has 1 aliphatic heterocycles. The van der Waals surface area contributed by atoms with Crippen molar-refractivity contribution in [1.29, 1.82) is 0 Å². The zero-order chi connectivity index (χ0) is 16.5. The molecule has 7 unspecified atom stereocenters. The molecule has 1 rings (SSSR count). The first kappa shape index (κ1) is 21.7. The van der Waals surface area contributed by atoms with Crippen LogP contribution in [-0.2, 0) is 9.59 Å². The van der Waals surface area contributed by atoms with E-state index in [0.717, 1.165) is 38.6 Å². The molecule has 0 aliphatic carbocycles. The van der Waals surface area contributed by atoms with Gasteiger partial charge in [0.15, 0.2) is 5.52 Å². The Balaban J connectivity index is 2.53. The van der Waals surface area contributed by atoms with Crippen molar-refractivity contribution in [3.05, 3.63) is 0 Å². The molecule has 1 saturated heterocycles. The van der Waals surface area contributed by atoms with Crippen molar-refractivity contribution in [1.82, 2.24) is 15.1 Å². The summed E-state index contributed by atoms with van der Waals surface area (Å²) in [6.07, 6.45) is 4.57. The average Bonchev–Trinajstić information content (AvgIpc) is 2.98. The van der Waals surface area contributed by atoms with Gasteiger partial charge in [0.25, 0.3) is 0 Å². The number of amides is 1. The monoisotopic (exact) mass is 419 g/mol. The van der Waals surface area contributed by atoms with Crippen molar-refractivity contribution in [2.45, 2.75) is 44.2 Å². The molecule has 0 bridgehead atoms. The van der Waals surface area contributed by atoms with Crippen LogP contribution in [0.15, 0.2) is 0 Å². The topological polar surface area (TPSA) is 61.4 Å². The maximum absolute atomic E-state index is 12.7. The zero-order valence-corrected chi connectivity index (χ0v) is 19.1. The van der Waals surface area contributed by atoms with Crippen LogP contribution in [0, 0.1) is 0 Å². The van der Waals surface area contributed by atoms with Crippen molar-refractivity contribution < 1.29 is 9.59 Å². The molecule has 5 nitrogen and oxygen atoms in total. The van der Waals surface area contributed by atoms with Crippen LogP contribution in [0.2, 0.25) is 0 Å². The third-order valence-corrected chi connectivity index (χ3v) is 7.52. The van der Waals surface area contributed by atoms with E-state index in [1.54, 1.807) is 4.90 Å². The summed E-state index contributed by atoms with van der Waals surface area (Å²) in [7, 11) is 10.1. The minimum atomic E-state index is -0.800. The number of nitrogens with one attached hydrogen (secondary N) is 2. The normalized spacial score (nSPS) is 20.2. The Bertz CT molecular complexity index is 374. The van der Waals surface area contributed by atoms with Crippen LogP contribution in [0.5, 0.6) is 0 Å². The number of rotatable bonds is 10. The van der Waals surface area contributed by atoms with Crippen molar-refractivity contribution in [2.24, 2.45) is 0 Å². The first-order chi connectivity index (χ1) is 10.5. The highest BCUT2D eigenvalue weighted by Gasteiger charge is 2.37. The summed E-state index contributed by atoms with van der Waals surface area (Å²) in [5, 5.41) is 6.33. The van der Waals surface area contributed by atoms with E-state index in [1.165, 1.54) is 0 Å². The Labute approximate surface area is 145 Å². The first-order valence-electron chi connectivity index (χ1n) is 7.31. The van der Waals surface area contributed by atoms with Gasteiger partial charge >= 0.3 is 0 Å². The van der Waals surface area contributed by atoms with Crippen molar-refractivity contribution in [3.8, 4) is 0 Å². The van der Waals surface area contributed by atoms with Gasteiger partial charge in [-0.1, -0.05) is 42.6 Å². The molecule has 1 heterocycles. The van der Waals surface area contributed by atoms with Crippen LogP contribution < -0.4 is 10.2 Å². The van der Waals surface area contributed by atoms with Crippen molar-refractivity contribution in [2.75, 3.05) is 13.1 Å². The van der Waals surface area contributed by atoms with Crippen molar-refractivity contribution >= 4 is 63.3 Å². The van der Waals surface area contributed by atoms with E-state index in [4.69, 9.17) is 0 Å². The number of carbonyl (C=O) groups excluding carboxylic acids is 2. The molecule has 0 spiro atoms. The highest BCUT2D eigenvalue weighted by atomic mass is 32.4. The van der Waals surface area contributed by atoms with Gasteiger partial charge in [-0.15, -0.1) is 0 Å². The van der Waals surface area contributed by atoms with Gasteiger partial charge in [0.2, 0.25) is 5.91 Å². The molecule has 1 amide bonds. The fourth-order valence-corrected chi connectivity index (χ4v) is 5.28. The maximum atomic E-state index is 12.7.